The molecule has 0 atom stereocenters. The van der Waals surface area contributed by atoms with E-state index in [0.717, 1.165) is 32.1 Å². The fourth-order valence-corrected chi connectivity index (χ4v) is 3.46. The van der Waals surface area contributed by atoms with Crippen LogP contribution < -0.4 is 4.74 Å². The summed E-state index contributed by atoms with van der Waals surface area (Å²) >= 11 is 1.53. The maximum absolute atomic E-state index is 9.51. The van der Waals surface area contributed by atoms with Crippen LogP contribution in [0.3, 0.4) is 0 Å². The molecular weight excluding hydrogens is 304 g/mol. The molecule has 0 fully saturated rings. The summed E-state index contributed by atoms with van der Waals surface area (Å²) < 4.78 is 6.82. The number of thiazole rings is 1. The van der Waals surface area contributed by atoms with Crippen molar-refractivity contribution in [3.63, 3.8) is 0 Å². The molecule has 4 heteroatoms. The summed E-state index contributed by atoms with van der Waals surface area (Å²) in [6.07, 6.45) is 3.93. The Bertz CT molecular complexity index is 959. The standard InChI is InChI=1S/C19H12N2OS/c20-11-15(19-21-16-6-2-4-8-18(16)23-19)10-13-9-14-5-1-3-7-17(14)22-12-13/h1-10H,12H2/b15-10+. The number of rotatable bonds is 2. The van der Waals surface area contributed by atoms with Crippen LogP contribution in [0, 0.1) is 11.3 Å². The second-order valence-electron chi connectivity index (χ2n) is 5.20. The van der Waals surface area contributed by atoms with E-state index in [1.165, 1.54) is 11.3 Å². The quantitative estimate of drug-likeness (QED) is 0.645. The van der Waals surface area contributed by atoms with Crippen molar-refractivity contribution >= 4 is 33.2 Å². The van der Waals surface area contributed by atoms with Gasteiger partial charge >= 0.3 is 0 Å². The molecule has 1 aromatic heterocycles. The van der Waals surface area contributed by atoms with Gasteiger partial charge < -0.3 is 4.74 Å². The zero-order chi connectivity index (χ0) is 15.6. The largest absolute Gasteiger partial charge is 0.488 e. The van der Waals surface area contributed by atoms with E-state index >= 15 is 0 Å². The molecule has 0 bridgehead atoms. The number of ether oxygens (including phenoxy) is 1. The first-order valence-electron chi connectivity index (χ1n) is 7.23. The number of nitriles is 1. The molecule has 110 valence electrons. The maximum Gasteiger partial charge on any atom is 0.135 e. The lowest BCUT2D eigenvalue weighted by molar-refractivity contribution is 0.351. The van der Waals surface area contributed by atoms with Crippen molar-refractivity contribution in [1.82, 2.24) is 4.98 Å². The van der Waals surface area contributed by atoms with E-state index < -0.39 is 0 Å². The van der Waals surface area contributed by atoms with Gasteiger partial charge in [0.05, 0.1) is 15.8 Å². The Kier molecular flexibility index (Phi) is 3.41. The van der Waals surface area contributed by atoms with Gasteiger partial charge in [0, 0.05) is 5.56 Å². The second-order valence-corrected chi connectivity index (χ2v) is 6.23. The number of hydrogen-bond donors (Lipinski definition) is 0. The first-order valence-corrected chi connectivity index (χ1v) is 8.05. The molecular formula is C19H12N2OS. The summed E-state index contributed by atoms with van der Waals surface area (Å²) in [6.45, 7) is 0.465. The molecule has 4 rings (SSSR count). The van der Waals surface area contributed by atoms with Crippen molar-refractivity contribution in [3.05, 3.63) is 70.8 Å². The van der Waals surface area contributed by atoms with E-state index in [9.17, 15) is 5.26 Å². The monoisotopic (exact) mass is 316 g/mol. The molecule has 23 heavy (non-hydrogen) atoms. The van der Waals surface area contributed by atoms with E-state index in [4.69, 9.17) is 4.74 Å². The lowest BCUT2D eigenvalue weighted by atomic mass is 10.1. The second kappa shape index (κ2) is 5.71. The van der Waals surface area contributed by atoms with Gasteiger partial charge in [0.15, 0.2) is 0 Å². The number of fused-ring (bicyclic) bond motifs is 2. The Morgan fingerprint density at radius 1 is 1.17 bits per heavy atom. The predicted molar refractivity (Wildman–Crippen MR) is 93.1 cm³/mol. The molecule has 0 unspecified atom stereocenters. The minimum absolute atomic E-state index is 0.465. The van der Waals surface area contributed by atoms with Gasteiger partial charge in [-0.2, -0.15) is 5.26 Å². The number of hydrogen-bond acceptors (Lipinski definition) is 4. The summed E-state index contributed by atoms with van der Waals surface area (Å²) in [5.41, 5.74) is 3.50. The van der Waals surface area contributed by atoms with E-state index in [1.54, 1.807) is 0 Å². The Labute approximate surface area is 137 Å². The number of allylic oxidation sites excluding steroid dienone is 1. The van der Waals surface area contributed by atoms with Gasteiger partial charge in [-0.25, -0.2) is 4.98 Å². The van der Waals surface area contributed by atoms with E-state index in [2.05, 4.69) is 17.1 Å². The lowest BCUT2D eigenvalue weighted by Crippen LogP contribution is -2.05. The first-order chi connectivity index (χ1) is 11.3. The van der Waals surface area contributed by atoms with Gasteiger partial charge in [-0.05, 0) is 35.9 Å². The van der Waals surface area contributed by atoms with Crippen molar-refractivity contribution in [1.29, 1.82) is 5.26 Å². The summed E-state index contributed by atoms with van der Waals surface area (Å²) in [5, 5.41) is 10.3. The highest BCUT2D eigenvalue weighted by Crippen LogP contribution is 2.30. The van der Waals surface area contributed by atoms with Crippen LogP contribution in [0.25, 0.3) is 21.9 Å². The number of aromatic nitrogens is 1. The molecule has 0 saturated heterocycles. The van der Waals surface area contributed by atoms with Gasteiger partial charge in [-0.1, -0.05) is 30.3 Å². The average molecular weight is 316 g/mol. The molecule has 0 N–H and O–H groups in total. The van der Waals surface area contributed by atoms with Crippen molar-refractivity contribution in [3.8, 4) is 11.8 Å². The van der Waals surface area contributed by atoms with Crippen LogP contribution in [0.2, 0.25) is 0 Å². The molecule has 0 amide bonds. The van der Waals surface area contributed by atoms with Gasteiger partial charge in [0.1, 0.15) is 23.4 Å². The minimum Gasteiger partial charge on any atom is -0.488 e. The van der Waals surface area contributed by atoms with E-state index in [-0.39, 0.29) is 0 Å². The Hall–Kier alpha value is -2.90. The Morgan fingerprint density at radius 3 is 2.87 bits per heavy atom. The fourth-order valence-electron chi connectivity index (χ4n) is 2.53. The fraction of sp³-hybridized carbons (Fsp3) is 0.0526. The highest BCUT2D eigenvalue weighted by atomic mass is 32.1. The zero-order valence-electron chi connectivity index (χ0n) is 12.2. The normalized spacial score (nSPS) is 13.9. The molecule has 0 radical (unpaired) electrons. The van der Waals surface area contributed by atoms with Crippen LogP contribution in [0.15, 0.2) is 60.2 Å². The summed E-state index contributed by atoms with van der Waals surface area (Å²) in [7, 11) is 0. The summed E-state index contributed by atoms with van der Waals surface area (Å²) in [4.78, 5) is 4.55. The molecule has 2 heterocycles. The van der Waals surface area contributed by atoms with E-state index in [0.29, 0.717) is 12.2 Å². The number of nitrogens with zero attached hydrogens (tertiary/aromatic N) is 2. The SMILES string of the molecule is N#C/C(=C\C1=Cc2ccccc2OC1)c1nc2ccccc2s1. The molecule has 1 aliphatic heterocycles. The topological polar surface area (TPSA) is 45.9 Å². The zero-order valence-corrected chi connectivity index (χ0v) is 13.0. The van der Waals surface area contributed by atoms with Crippen LogP contribution >= 0.6 is 11.3 Å². The van der Waals surface area contributed by atoms with Crippen molar-refractivity contribution < 1.29 is 4.74 Å². The van der Waals surface area contributed by atoms with Gasteiger partial charge in [-0.3, -0.25) is 0 Å². The van der Waals surface area contributed by atoms with Crippen molar-refractivity contribution in [2.45, 2.75) is 0 Å². The Morgan fingerprint density at radius 2 is 2.00 bits per heavy atom. The van der Waals surface area contributed by atoms with E-state index in [1.807, 2.05) is 54.6 Å². The summed E-state index contributed by atoms with van der Waals surface area (Å²) in [5.74, 6) is 0.878. The molecule has 2 aromatic carbocycles. The molecule has 0 spiro atoms. The average Bonchev–Trinajstić information content (AvgIpc) is 3.03. The van der Waals surface area contributed by atoms with Crippen LogP contribution in [-0.2, 0) is 0 Å². The van der Waals surface area contributed by atoms with Crippen LogP contribution in [0.1, 0.15) is 10.6 Å². The third kappa shape index (κ3) is 2.63. The third-order valence-corrected chi connectivity index (χ3v) is 4.70. The number of benzene rings is 2. The Balaban J connectivity index is 1.74. The first kappa shape index (κ1) is 13.7. The van der Waals surface area contributed by atoms with Crippen molar-refractivity contribution in [2.75, 3.05) is 6.61 Å². The van der Waals surface area contributed by atoms with Gasteiger partial charge in [0.2, 0.25) is 0 Å². The van der Waals surface area contributed by atoms with Crippen LogP contribution in [0.5, 0.6) is 5.75 Å². The number of para-hydroxylation sites is 2. The van der Waals surface area contributed by atoms with Gasteiger partial charge in [0.25, 0.3) is 0 Å². The maximum atomic E-state index is 9.51. The van der Waals surface area contributed by atoms with Crippen LogP contribution in [-0.4, -0.2) is 11.6 Å². The third-order valence-electron chi connectivity index (χ3n) is 3.63. The molecule has 1 aliphatic rings. The van der Waals surface area contributed by atoms with Gasteiger partial charge in [-0.15, -0.1) is 11.3 Å². The molecule has 3 aromatic rings. The molecule has 0 aliphatic carbocycles. The minimum atomic E-state index is 0.465. The lowest BCUT2D eigenvalue weighted by Gasteiger charge is -2.15. The molecule has 3 nitrogen and oxygen atoms in total. The predicted octanol–water partition coefficient (Wildman–Crippen LogP) is 4.68. The molecule has 0 saturated carbocycles. The summed E-state index contributed by atoms with van der Waals surface area (Å²) in [6, 6.07) is 18.1. The smallest absolute Gasteiger partial charge is 0.135 e. The highest BCUT2D eigenvalue weighted by Gasteiger charge is 2.13. The highest BCUT2D eigenvalue weighted by molar-refractivity contribution is 7.19. The van der Waals surface area contributed by atoms with Crippen molar-refractivity contribution in [2.24, 2.45) is 0 Å². The van der Waals surface area contributed by atoms with Crippen LogP contribution in [0.4, 0.5) is 0 Å².